The molecule has 5 heteroatoms. The predicted octanol–water partition coefficient (Wildman–Crippen LogP) is 2.09. The molecule has 0 aliphatic carbocycles. The minimum atomic E-state index is -0.0794. The molecule has 3 saturated heterocycles. The average molecular weight is 292 g/mol. The van der Waals surface area contributed by atoms with Crippen LogP contribution in [0.4, 0.5) is 0 Å². The average Bonchev–Trinajstić information content (AvgIpc) is 2.90. The third kappa shape index (κ3) is 2.04. The molecule has 4 heterocycles. The number of nitrogens with zero attached hydrogens (tertiary/aromatic N) is 2. The summed E-state index contributed by atoms with van der Waals surface area (Å²) in [5.74, 6) is 0.862. The van der Waals surface area contributed by atoms with Crippen molar-refractivity contribution in [2.24, 2.45) is 5.73 Å². The van der Waals surface area contributed by atoms with E-state index in [0.29, 0.717) is 6.04 Å². The Balaban J connectivity index is 1.64. The Morgan fingerprint density at radius 3 is 2.70 bits per heavy atom. The maximum absolute atomic E-state index is 6.46. The van der Waals surface area contributed by atoms with E-state index in [1.807, 2.05) is 24.3 Å². The fraction of sp³-hybridized carbons (Fsp3) is 0.467. The quantitative estimate of drug-likeness (QED) is 0.920. The van der Waals surface area contributed by atoms with Gasteiger partial charge in [-0.25, -0.2) is 0 Å². The van der Waals surface area contributed by atoms with Crippen molar-refractivity contribution in [3.8, 4) is 0 Å². The first-order valence-corrected chi connectivity index (χ1v) is 7.49. The second kappa shape index (κ2) is 4.74. The van der Waals surface area contributed by atoms with Gasteiger partial charge in [-0.3, -0.25) is 9.80 Å². The molecule has 20 heavy (non-hydrogen) atoms. The van der Waals surface area contributed by atoms with E-state index in [-0.39, 0.29) is 6.04 Å². The van der Waals surface area contributed by atoms with Crippen molar-refractivity contribution in [3.05, 3.63) is 35.0 Å². The van der Waals surface area contributed by atoms with E-state index in [0.717, 1.165) is 41.4 Å². The molecule has 0 radical (unpaired) electrons. The van der Waals surface area contributed by atoms with Crippen LogP contribution in [0.25, 0.3) is 11.0 Å². The van der Waals surface area contributed by atoms with Gasteiger partial charge in [-0.05, 0) is 24.3 Å². The molecular weight excluding hydrogens is 274 g/mol. The minimum absolute atomic E-state index is 0.0794. The molecule has 1 aromatic heterocycles. The van der Waals surface area contributed by atoms with E-state index in [1.54, 1.807) is 0 Å². The monoisotopic (exact) mass is 291 g/mol. The van der Waals surface area contributed by atoms with Gasteiger partial charge in [0.25, 0.3) is 0 Å². The summed E-state index contributed by atoms with van der Waals surface area (Å²) in [6, 6.07) is 7.99. The van der Waals surface area contributed by atoms with Gasteiger partial charge in [0.05, 0.1) is 6.04 Å². The number of hydrogen-bond acceptors (Lipinski definition) is 4. The molecule has 2 N–H and O–H groups in total. The third-order valence-electron chi connectivity index (χ3n) is 4.56. The normalized spacial score (nSPS) is 30.8. The largest absolute Gasteiger partial charge is 0.459 e. The summed E-state index contributed by atoms with van der Waals surface area (Å²) < 4.78 is 5.92. The van der Waals surface area contributed by atoms with Crippen LogP contribution in [0.3, 0.4) is 0 Å². The maximum Gasteiger partial charge on any atom is 0.134 e. The summed E-state index contributed by atoms with van der Waals surface area (Å²) in [5, 5.41) is 1.75. The van der Waals surface area contributed by atoms with Crippen LogP contribution in [0.1, 0.15) is 11.8 Å². The van der Waals surface area contributed by atoms with Gasteiger partial charge in [0.2, 0.25) is 0 Å². The van der Waals surface area contributed by atoms with Crippen LogP contribution in [-0.4, -0.2) is 48.6 Å². The second-order valence-corrected chi connectivity index (χ2v) is 6.20. The SMILES string of the molecule is NC(c1cc2cc(Cl)ccc2o1)C1CN2CCN1CC2. The van der Waals surface area contributed by atoms with Crippen LogP contribution in [0, 0.1) is 0 Å². The summed E-state index contributed by atoms with van der Waals surface area (Å²) in [6.07, 6.45) is 0. The predicted molar refractivity (Wildman–Crippen MR) is 80.0 cm³/mol. The maximum atomic E-state index is 6.46. The number of furan rings is 1. The second-order valence-electron chi connectivity index (χ2n) is 5.76. The highest BCUT2D eigenvalue weighted by atomic mass is 35.5. The molecule has 3 aliphatic heterocycles. The van der Waals surface area contributed by atoms with Crippen molar-refractivity contribution in [1.82, 2.24) is 9.80 Å². The number of benzene rings is 1. The van der Waals surface area contributed by atoms with E-state index >= 15 is 0 Å². The van der Waals surface area contributed by atoms with Crippen molar-refractivity contribution < 1.29 is 4.42 Å². The van der Waals surface area contributed by atoms with Crippen molar-refractivity contribution in [2.75, 3.05) is 32.7 Å². The Morgan fingerprint density at radius 1 is 1.20 bits per heavy atom. The number of fused-ring (bicyclic) bond motifs is 4. The van der Waals surface area contributed by atoms with Gasteiger partial charge >= 0.3 is 0 Å². The van der Waals surface area contributed by atoms with Crippen LogP contribution in [0.2, 0.25) is 5.02 Å². The van der Waals surface area contributed by atoms with Crippen LogP contribution in [0.5, 0.6) is 0 Å². The minimum Gasteiger partial charge on any atom is -0.459 e. The molecular formula is C15H18ClN3O. The van der Waals surface area contributed by atoms with Gasteiger partial charge in [0.1, 0.15) is 11.3 Å². The van der Waals surface area contributed by atoms with Crippen LogP contribution in [0.15, 0.2) is 28.7 Å². The Labute approximate surface area is 123 Å². The highest BCUT2D eigenvalue weighted by molar-refractivity contribution is 6.31. The van der Waals surface area contributed by atoms with Gasteiger partial charge in [0, 0.05) is 49.2 Å². The third-order valence-corrected chi connectivity index (χ3v) is 4.80. The highest BCUT2D eigenvalue weighted by Crippen LogP contribution is 2.30. The summed E-state index contributed by atoms with van der Waals surface area (Å²) in [6.45, 7) is 5.60. The lowest BCUT2D eigenvalue weighted by molar-refractivity contribution is -0.000430. The summed E-state index contributed by atoms with van der Waals surface area (Å²) >= 11 is 6.02. The molecule has 0 saturated carbocycles. The molecule has 106 valence electrons. The van der Waals surface area contributed by atoms with E-state index in [1.165, 1.54) is 13.1 Å². The van der Waals surface area contributed by atoms with Gasteiger partial charge in [-0.1, -0.05) is 11.6 Å². The van der Waals surface area contributed by atoms with Crippen molar-refractivity contribution in [3.63, 3.8) is 0 Å². The topological polar surface area (TPSA) is 45.6 Å². The van der Waals surface area contributed by atoms with Crippen LogP contribution >= 0.6 is 11.6 Å². The zero-order valence-corrected chi connectivity index (χ0v) is 12.0. The molecule has 2 aromatic rings. The number of hydrogen-bond donors (Lipinski definition) is 1. The standard InChI is InChI=1S/C15H18ClN3O/c16-11-1-2-13-10(7-11)8-14(20-13)15(17)12-9-18-3-5-19(12)6-4-18/h1-2,7-8,12,15H,3-6,9,17H2. The summed E-state index contributed by atoms with van der Waals surface area (Å²) in [7, 11) is 0. The summed E-state index contributed by atoms with van der Waals surface area (Å²) in [5.41, 5.74) is 7.32. The summed E-state index contributed by atoms with van der Waals surface area (Å²) in [4.78, 5) is 4.98. The van der Waals surface area contributed by atoms with Crippen molar-refractivity contribution in [2.45, 2.75) is 12.1 Å². The Hall–Kier alpha value is -1.07. The first kappa shape index (κ1) is 12.7. The van der Waals surface area contributed by atoms with Crippen molar-refractivity contribution >= 4 is 22.6 Å². The van der Waals surface area contributed by atoms with Crippen LogP contribution in [-0.2, 0) is 0 Å². The molecule has 2 atom stereocenters. The van der Waals surface area contributed by atoms with Gasteiger partial charge in [0.15, 0.2) is 0 Å². The Bertz CT molecular complexity index is 633. The lowest BCUT2D eigenvalue weighted by Gasteiger charge is -2.49. The van der Waals surface area contributed by atoms with E-state index in [2.05, 4.69) is 9.80 Å². The fourth-order valence-electron chi connectivity index (χ4n) is 3.39. The van der Waals surface area contributed by atoms with Crippen molar-refractivity contribution in [1.29, 1.82) is 0 Å². The number of piperazine rings is 3. The highest BCUT2D eigenvalue weighted by Gasteiger charge is 2.37. The molecule has 3 aliphatic rings. The van der Waals surface area contributed by atoms with Gasteiger partial charge in [-0.2, -0.15) is 0 Å². The molecule has 0 amide bonds. The van der Waals surface area contributed by atoms with E-state index < -0.39 is 0 Å². The Kier molecular flexibility index (Phi) is 3.00. The lowest BCUT2D eigenvalue weighted by atomic mass is 9.99. The van der Waals surface area contributed by atoms with Gasteiger partial charge < -0.3 is 10.2 Å². The zero-order chi connectivity index (χ0) is 13.7. The molecule has 0 spiro atoms. The smallest absolute Gasteiger partial charge is 0.134 e. The molecule has 1 aromatic carbocycles. The molecule has 3 fully saturated rings. The molecule has 5 rings (SSSR count). The fourth-order valence-corrected chi connectivity index (χ4v) is 3.57. The first-order valence-electron chi connectivity index (χ1n) is 7.12. The number of rotatable bonds is 2. The molecule has 2 bridgehead atoms. The molecule has 4 nitrogen and oxygen atoms in total. The van der Waals surface area contributed by atoms with E-state index in [9.17, 15) is 0 Å². The Morgan fingerprint density at radius 2 is 2.00 bits per heavy atom. The zero-order valence-electron chi connectivity index (χ0n) is 11.3. The van der Waals surface area contributed by atoms with Crippen LogP contribution < -0.4 is 5.73 Å². The van der Waals surface area contributed by atoms with E-state index in [4.69, 9.17) is 21.8 Å². The first-order chi connectivity index (χ1) is 9.70. The lowest BCUT2D eigenvalue weighted by Crippen LogP contribution is -2.63. The molecule has 2 unspecified atom stereocenters. The number of nitrogens with two attached hydrogens (primary N) is 1. The van der Waals surface area contributed by atoms with Gasteiger partial charge in [-0.15, -0.1) is 0 Å². The number of halogens is 1.